The summed E-state index contributed by atoms with van der Waals surface area (Å²) < 4.78 is 18.3. The molecule has 0 heterocycles. The van der Waals surface area contributed by atoms with Crippen LogP contribution in [0.25, 0.3) is 0 Å². The topological polar surface area (TPSA) is 58.6 Å². The van der Waals surface area contributed by atoms with Crippen molar-refractivity contribution < 1.29 is 19.0 Å². The second kappa shape index (κ2) is 6.52. The van der Waals surface area contributed by atoms with E-state index < -0.39 is 5.60 Å². The molecule has 1 aromatic rings. The number of aliphatic hydroxyl groups is 1. The molecule has 5 heteroatoms. The number of carbonyl (C=O) groups excluding carboxylic acids is 1. The van der Waals surface area contributed by atoms with Crippen LogP contribution in [0.1, 0.15) is 27.2 Å². The first-order valence-corrected chi connectivity index (χ1v) is 6.25. The van der Waals surface area contributed by atoms with Crippen molar-refractivity contribution in [2.75, 3.05) is 6.61 Å². The molecule has 0 aliphatic carbocycles. The van der Waals surface area contributed by atoms with Gasteiger partial charge in [-0.3, -0.25) is 4.79 Å². The number of aliphatic hydroxyl groups excluding tert-OH is 1. The summed E-state index contributed by atoms with van der Waals surface area (Å²) in [7, 11) is 0. The van der Waals surface area contributed by atoms with Crippen molar-refractivity contribution in [2.45, 2.75) is 38.8 Å². The predicted octanol–water partition coefficient (Wildman–Crippen LogP) is 1.87. The fourth-order valence-corrected chi connectivity index (χ4v) is 1.48. The van der Waals surface area contributed by atoms with E-state index in [9.17, 15) is 9.18 Å². The fraction of sp³-hybridized carbons (Fsp3) is 0.500. The van der Waals surface area contributed by atoms with E-state index in [2.05, 4.69) is 5.32 Å². The van der Waals surface area contributed by atoms with Gasteiger partial charge in [-0.05, 0) is 44.5 Å². The number of amides is 1. The third kappa shape index (κ3) is 4.52. The van der Waals surface area contributed by atoms with Gasteiger partial charge in [0.05, 0.1) is 12.6 Å². The predicted molar refractivity (Wildman–Crippen MR) is 70.4 cm³/mol. The van der Waals surface area contributed by atoms with Gasteiger partial charge >= 0.3 is 0 Å². The highest BCUT2D eigenvalue weighted by atomic mass is 19.1. The Morgan fingerprint density at radius 3 is 2.47 bits per heavy atom. The maximum atomic E-state index is 12.8. The second-order valence-corrected chi connectivity index (χ2v) is 4.83. The fourth-order valence-electron chi connectivity index (χ4n) is 1.48. The lowest BCUT2D eigenvalue weighted by atomic mass is 10.1. The average Bonchev–Trinajstić information content (AvgIpc) is 2.38. The SMILES string of the molecule is CC[C@H](CO)NC(=O)C(C)(C)Oc1ccc(F)cc1. The molecule has 1 amide bonds. The lowest BCUT2D eigenvalue weighted by Gasteiger charge is -2.27. The summed E-state index contributed by atoms with van der Waals surface area (Å²) in [6.45, 7) is 5.00. The van der Waals surface area contributed by atoms with Crippen molar-refractivity contribution in [3.05, 3.63) is 30.1 Å². The van der Waals surface area contributed by atoms with E-state index in [4.69, 9.17) is 9.84 Å². The first-order chi connectivity index (χ1) is 8.89. The highest BCUT2D eigenvalue weighted by Gasteiger charge is 2.31. The molecule has 1 rings (SSSR count). The Labute approximate surface area is 112 Å². The Bertz CT molecular complexity index is 413. The Kier molecular flexibility index (Phi) is 5.30. The molecule has 0 unspecified atom stereocenters. The monoisotopic (exact) mass is 269 g/mol. The molecule has 4 nitrogen and oxygen atoms in total. The van der Waals surface area contributed by atoms with E-state index in [1.54, 1.807) is 13.8 Å². The van der Waals surface area contributed by atoms with Crippen molar-refractivity contribution in [3.63, 3.8) is 0 Å². The number of benzene rings is 1. The van der Waals surface area contributed by atoms with Gasteiger partial charge in [-0.15, -0.1) is 0 Å². The zero-order valence-electron chi connectivity index (χ0n) is 11.4. The molecular weight excluding hydrogens is 249 g/mol. The molecule has 0 saturated carbocycles. The minimum atomic E-state index is -1.10. The van der Waals surface area contributed by atoms with Crippen molar-refractivity contribution in [3.8, 4) is 5.75 Å². The summed E-state index contributed by atoms with van der Waals surface area (Å²) >= 11 is 0. The first-order valence-electron chi connectivity index (χ1n) is 6.25. The molecule has 0 spiro atoms. The summed E-state index contributed by atoms with van der Waals surface area (Å²) in [5, 5.41) is 11.8. The number of nitrogens with one attached hydrogen (secondary N) is 1. The van der Waals surface area contributed by atoms with Crippen LogP contribution < -0.4 is 10.1 Å². The van der Waals surface area contributed by atoms with Gasteiger partial charge in [0.1, 0.15) is 11.6 Å². The molecule has 0 radical (unpaired) electrons. The van der Waals surface area contributed by atoms with E-state index in [1.165, 1.54) is 24.3 Å². The van der Waals surface area contributed by atoms with Crippen molar-refractivity contribution >= 4 is 5.91 Å². The number of halogens is 1. The summed E-state index contributed by atoms with van der Waals surface area (Å²) in [5.74, 6) is -0.266. The molecule has 0 bridgehead atoms. The normalized spacial score (nSPS) is 12.9. The second-order valence-electron chi connectivity index (χ2n) is 4.83. The van der Waals surface area contributed by atoms with Crippen molar-refractivity contribution in [1.82, 2.24) is 5.32 Å². The molecule has 0 fully saturated rings. The Morgan fingerprint density at radius 2 is 2.00 bits per heavy atom. The van der Waals surface area contributed by atoms with Gasteiger partial charge < -0.3 is 15.2 Å². The van der Waals surface area contributed by atoms with Crippen LogP contribution in [0.15, 0.2) is 24.3 Å². The smallest absolute Gasteiger partial charge is 0.263 e. The van der Waals surface area contributed by atoms with Crippen LogP contribution in [0, 0.1) is 5.82 Å². The van der Waals surface area contributed by atoms with Crippen LogP contribution in [-0.4, -0.2) is 29.3 Å². The third-order valence-corrected chi connectivity index (χ3v) is 2.78. The third-order valence-electron chi connectivity index (χ3n) is 2.78. The zero-order valence-corrected chi connectivity index (χ0v) is 11.4. The van der Waals surface area contributed by atoms with Crippen LogP contribution >= 0.6 is 0 Å². The molecule has 19 heavy (non-hydrogen) atoms. The number of hydrogen-bond acceptors (Lipinski definition) is 3. The minimum absolute atomic E-state index is 0.116. The zero-order chi connectivity index (χ0) is 14.5. The highest BCUT2D eigenvalue weighted by Crippen LogP contribution is 2.19. The van der Waals surface area contributed by atoms with E-state index in [-0.39, 0.29) is 24.4 Å². The molecule has 2 N–H and O–H groups in total. The van der Waals surface area contributed by atoms with Gasteiger partial charge in [0.25, 0.3) is 5.91 Å². The van der Waals surface area contributed by atoms with Gasteiger partial charge in [-0.2, -0.15) is 0 Å². The number of rotatable bonds is 6. The number of ether oxygens (including phenoxy) is 1. The van der Waals surface area contributed by atoms with Gasteiger partial charge in [0, 0.05) is 0 Å². The summed E-state index contributed by atoms with van der Waals surface area (Å²) in [6, 6.07) is 5.18. The Balaban J connectivity index is 2.69. The van der Waals surface area contributed by atoms with Gasteiger partial charge in [-0.1, -0.05) is 6.92 Å². The molecule has 0 aromatic heterocycles. The average molecular weight is 269 g/mol. The maximum absolute atomic E-state index is 12.8. The first kappa shape index (κ1) is 15.4. The van der Waals surface area contributed by atoms with Gasteiger partial charge in [0.2, 0.25) is 0 Å². The van der Waals surface area contributed by atoms with Gasteiger partial charge in [-0.25, -0.2) is 4.39 Å². The lowest BCUT2D eigenvalue weighted by molar-refractivity contribution is -0.135. The number of carbonyl (C=O) groups is 1. The molecule has 0 aliphatic heterocycles. The lowest BCUT2D eigenvalue weighted by Crippen LogP contribution is -2.50. The van der Waals surface area contributed by atoms with Crippen LogP contribution in [0.2, 0.25) is 0 Å². The van der Waals surface area contributed by atoms with Crippen molar-refractivity contribution in [1.29, 1.82) is 0 Å². The summed E-state index contributed by atoms with van der Waals surface area (Å²) in [6.07, 6.45) is 0.634. The van der Waals surface area contributed by atoms with Crippen LogP contribution in [0.4, 0.5) is 4.39 Å². The van der Waals surface area contributed by atoms with Crippen LogP contribution in [0.5, 0.6) is 5.75 Å². The molecule has 1 aromatic carbocycles. The quantitative estimate of drug-likeness (QED) is 0.829. The summed E-state index contributed by atoms with van der Waals surface area (Å²) in [5.41, 5.74) is -1.10. The van der Waals surface area contributed by atoms with Crippen molar-refractivity contribution in [2.24, 2.45) is 0 Å². The highest BCUT2D eigenvalue weighted by molar-refractivity contribution is 5.84. The van der Waals surface area contributed by atoms with E-state index in [0.717, 1.165) is 0 Å². The van der Waals surface area contributed by atoms with E-state index in [0.29, 0.717) is 12.2 Å². The minimum Gasteiger partial charge on any atom is -0.478 e. The number of hydrogen-bond donors (Lipinski definition) is 2. The van der Waals surface area contributed by atoms with E-state index >= 15 is 0 Å². The van der Waals surface area contributed by atoms with E-state index in [1.807, 2.05) is 6.92 Å². The van der Waals surface area contributed by atoms with Gasteiger partial charge in [0.15, 0.2) is 5.60 Å². The molecule has 0 saturated heterocycles. The van der Waals surface area contributed by atoms with Crippen LogP contribution in [-0.2, 0) is 4.79 Å². The maximum Gasteiger partial charge on any atom is 0.263 e. The Hall–Kier alpha value is -1.62. The standard InChI is InChI=1S/C14H20FNO3/c1-4-11(9-17)16-13(18)14(2,3)19-12-7-5-10(15)6-8-12/h5-8,11,17H,4,9H2,1-3H3,(H,16,18)/t11-/m1/s1. The molecule has 0 aliphatic rings. The molecule has 106 valence electrons. The summed E-state index contributed by atoms with van der Waals surface area (Å²) in [4.78, 5) is 12.0. The molecular formula is C14H20FNO3. The van der Waals surface area contributed by atoms with Crippen LogP contribution in [0.3, 0.4) is 0 Å². The Morgan fingerprint density at radius 1 is 1.42 bits per heavy atom. The largest absolute Gasteiger partial charge is 0.478 e. The molecule has 1 atom stereocenters.